The van der Waals surface area contributed by atoms with Crippen LogP contribution in [-0.4, -0.2) is 24.9 Å². The Hall–Kier alpha value is -1.87. The first-order valence-corrected chi connectivity index (χ1v) is 7.41. The van der Waals surface area contributed by atoms with Crippen molar-refractivity contribution >= 4 is 23.1 Å². The lowest BCUT2D eigenvalue weighted by atomic mass is 9.81. The summed E-state index contributed by atoms with van der Waals surface area (Å²) in [6.45, 7) is 0. The van der Waals surface area contributed by atoms with Gasteiger partial charge in [0.05, 0.1) is 5.69 Å². The predicted octanol–water partition coefficient (Wildman–Crippen LogP) is 3.71. The van der Waals surface area contributed by atoms with E-state index < -0.39 is 0 Å². The van der Waals surface area contributed by atoms with Gasteiger partial charge in [0.25, 0.3) is 0 Å². The summed E-state index contributed by atoms with van der Waals surface area (Å²) in [5.74, 6) is 0.0664. The molecule has 1 aliphatic carbocycles. The molecule has 0 N–H and O–H groups in total. The van der Waals surface area contributed by atoms with Crippen molar-refractivity contribution in [1.82, 2.24) is 4.98 Å². The lowest BCUT2D eigenvalue weighted by Crippen LogP contribution is -2.22. The summed E-state index contributed by atoms with van der Waals surface area (Å²) in [6, 6.07) is 11.7. The summed E-state index contributed by atoms with van der Waals surface area (Å²) in [6.07, 6.45) is 1.58. The summed E-state index contributed by atoms with van der Waals surface area (Å²) in [7, 11) is 4.01. The summed E-state index contributed by atoms with van der Waals surface area (Å²) >= 11 is 5.91. The highest BCUT2D eigenvalue weighted by Gasteiger charge is 2.29. The number of ketones is 1. The SMILES string of the molecule is CN(C)c1cccc(C2CCc3nc(Cl)ccc3C2=O)c1. The van der Waals surface area contributed by atoms with E-state index in [1.54, 1.807) is 12.1 Å². The second-order valence-electron chi connectivity index (χ2n) is 5.57. The maximum atomic E-state index is 12.7. The van der Waals surface area contributed by atoms with Gasteiger partial charge in [-0.1, -0.05) is 23.7 Å². The minimum Gasteiger partial charge on any atom is -0.378 e. The number of Topliss-reactive ketones (excluding diaryl/α,β-unsaturated/α-hetero) is 1. The number of hydrogen-bond donors (Lipinski definition) is 0. The van der Waals surface area contributed by atoms with E-state index in [1.807, 2.05) is 37.2 Å². The van der Waals surface area contributed by atoms with Crippen molar-refractivity contribution < 1.29 is 4.79 Å². The van der Waals surface area contributed by atoms with Crippen LogP contribution in [0, 0.1) is 0 Å². The molecule has 0 fully saturated rings. The Morgan fingerprint density at radius 1 is 1.24 bits per heavy atom. The molecule has 2 aromatic rings. The van der Waals surface area contributed by atoms with E-state index in [9.17, 15) is 4.79 Å². The van der Waals surface area contributed by atoms with Crippen LogP contribution in [0.15, 0.2) is 36.4 Å². The van der Waals surface area contributed by atoms with E-state index >= 15 is 0 Å². The largest absolute Gasteiger partial charge is 0.378 e. The second kappa shape index (κ2) is 5.49. The standard InChI is InChI=1S/C17H17ClN2O/c1-20(2)12-5-3-4-11(10-12)13-6-8-15-14(17(13)21)7-9-16(18)19-15/h3-5,7,9-10,13H,6,8H2,1-2H3. The molecule has 1 atom stereocenters. The molecular formula is C17H17ClN2O. The second-order valence-corrected chi connectivity index (χ2v) is 5.96. The van der Waals surface area contributed by atoms with Crippen molar-refractivity contribution in [2.24, 2.45) is 0 Å². The van der Waals surface area contributed by atoms with Crippen LogP contribution >= 0.6 is 11.6 Å². The van der Waals surface area contributed by atoms with Gasteiger partial charge in [0.15, 0.2) is 5.78 Å². The number of hydrogen-bond acceptors (Lipinski definition) is 3. The number of fused-ring (bicyclic) bond motifs is 1. The Bertz CT molecular complexity index is 697. The number of aromatic nitrogens is 1. The van der Waals surface area contributed by atoms with Gasteiger partial charge in [0.2, 0.25) is 0 Å². The van der Waals surface area contributed by atoms with Gasteiger partial charge in [-0.25, -0.2) is 4.98 Å². The fourth-order valence-electron chi connectivity index (χ4n) is 2.83. The third-order valence-electron chi connectivity index (χ3n) is 3.98. The van der Waals surface area contributed by atoms with E-state index in [0.717, 1.165) is 29.8 Å². The molecule has 1 aromatic carbocycles. The molecule has 0 spiro atoms. The minimum absolute atomic E-state index is 0.0830. The van der Waals surface area contributed by atoms with Gasteiger partial charge >= 0.3 is 0 Å². The zero-order valence-corrected chi connectivity index (χ0v) is 12.9. The number of benzene rings is 1. The van der Waals surface area contributed by atoms with Crippen molar-refractivity contribution in [3.8, 4) is 0 Å². The van der Waals surface area contributed by atoms with Gasteiger partial charge in [0.1, 0.15) is 5.15 Å². The highest BCUT2D eigenvalue weighted by molar-refractivity contribution is 6.29. The van der Waals surface area contributed by atoms with Crippen LogP contribution in [0.3, 0.4) is 0 Å². The number of carbonyl (C=O) groups is 1. The van der Waals surface area contributed by atoms with Gasteiger partial charge in [-0.05, 0) is 42.7 Å². The first-order valence-electron chi connectivity index (χ1n) is 7.03. The van der Waals surface area contributed by atoms with Gasteiger partial charge in [-0.2, -0.15) is 0 Å². The van der Waals surface area contributed by atoms with Crippen LogP contribution in [0.1, 0.15) is 34.0 Å². The van der Waals surface area contributed by atoms with E-state index in [2.05, 4.69) is 11.1 Å². The smallest absolute Gasteiger partial charge is 0.172 e. The zero-order chi connectivity index (χ0) is 15.0. The molecular weight excluding hydrogens is 284 g/mol. The number of carbonyl (C=O) groups excluding carboxylic acids is 1. The maximum absolute atomic E-state index is 12.7. The van der Waals surface area contributed by atoms with Crippen LogP contribution in [0.5, 0.6) is 0 Å². The first kappa shape index (κ1) is 14.1. The number of nitrogens with zero attached hydrogens (tertiary/aromatic N) is 2. The van der Waals surface area contributed by atoms with Crippen LogP contribution in [-0.2, 0) is 6.42 Å². The van der Waals surface area contributed by atoms with Crippen molar-refractivity contribution in [1.29, 1.82) is 0 Å². The number of pyridine rings is 1. The quantitative estimate of drug-likeness (QED) is 0.793. The van der Waals surface area contributed by atoms with Crippen molar-refractivity contribution in [3.63, 3.8) is 0 Å². The summed E-state index contributed by atoms with van der Waals surface area (Å²) in [4.78, 5) is 19.0. The lowest BCUT2D eigenvalue weighted by Gasteiger charge is -2.24. The molecule has 108 valence electrons. The fraction of sp³-hybridized carbons (Fsp3) is 0.294. The van der Waals surface area contributed by atoms with E-state index in [0.29, 0.717) is 10.7 Å². The van der Waals surface area contributed by atoms with Crippen LogP contribution in [0.2, 0.25) is 5.15 Å². The Morgan fingerprint density at radius 3 is 2.81 bits per heavy atom. The summed E-state index contributed by atoms with van der Waals surface area (Å²) in [5.41, 5.74) is 3.73. The molecule has 0 radical (unpaired) electrons. The lowest BCUT2D eigenvalue weighted by molar-refractivity contribution is 0.0945. The topological polar surface area (TPSA) is 33.2 Å². The number of halogens is 1. The Labute approximate surface area is 129 Å². The van der Waals surface area contributed by atoms with Gasteiger partial charge in [-0.3, -0.25) is 4.79 Å². The fourth-order valence-corrected chi connectivity index (χ4v) is 2.99. The molecule has 3 nitrogen and oxygen atoms in total. The van der Waals surface area contributed by atoms with Crippen LogP contribution < -0.4 is 4.90 Å². The Morgan fingerprint density at radius 2 is 2.05 bits per heavy atom. The molecule has 1 unspecified atom stereocenters. The van der Waals surface area contributed by atoms with Crippen LogP contribution in [0.4, 0.5) is 5.69 Å². The first-order chi connectivity index (χ1) is 10.1. The molecule has 21 heavy (non-hydrogen) atoms. The molecule has 1 aliphatic rings. The highest BCUT2D eigenvalue weighted by Crippen LogP contribution is 2.33. The monoisotopic (exact) mass is 300 g/mol. The normalized spacial score (nSPS) is 17.5. The van der Waals surface area contributed by atoms with Gasteiger partial charge in [0, 0.05) is 31.3 Å². The van der Waals surface area contributed by atoms with Gasteiger partial charge in [-0.15, -0.1) is 0 Å². The number of anilines is 1. The van der Waals surface area contributed by atoms with E-state index in [4.69, 9.17) is 11.6 Å². The maximum Gasteiger partial charge on any atom is 0.172 e. The third kappa shape index (κ3) is 2.66. The number of rotatable bonds is 2. The molecule has 3 rings (SSSR count). The molecule has 0 saturated carbocycles. The average Bonchev–Trinajstić information content (AvgIpc) is 2.47. The van der Waals surface area contributed by atoms with Gasteiger partial charge < -0.3 is 4.90 Å². The number of aryl methyl sites for hydroxylation is 1. The molecule has 0 aliphatic heterocycles. The average molecular weight is 301 g/mol. The van der Waals surface area contributed by atoms with Crippen molar-refractivity contribution in [2.75, 3.05) is 19.0 Å². The highest BCUT2D eigenvalue weighted by atomic mass is 35.5. The third-order valence-corrected chi connectivity index (χ3v) is 4.19. The van der Waals surface area contributed by atoms with E-state index in [-0.39, 0.29) is 11.7 Å². The molecule has 4 heteroatoms. The predicted molar refractivity (Wildman–Crippen MR) is 85.4 cm³/mol. The molecule has 0 saturated heterocycles. The van der Waals surface area contributed by atoms with Crippen LogP contribution in [0.25, 0.3) is 0 Å². The molecule has 0 amide bonds. The molecule has 1 aromatic heterocycles. The molecule has 1 heterocycles. The molecule has 0 bridgehead atoms. The zero-order valence-electron chi connectivity index (χ0n) is 12.1. The summed E-state index contributed by atoms with van der Waals surface area (Å²) in [5, 5.41) is 0.453. The Kier molecular flexibility index (Phi) is 3.68. The van der Waals surface area contributed by atoms with Crippen molar-refractivity contribution in [2.45, 2.75) is 18.8 Å². The van der Waals surface area contributed by atoms with Crippen molar-refractivity contribution in [3.05, 3.63) is 58.4 Å². The van der Waals surface area contributed by atoms with E-state index in [1.165, 1.54) is 0 Å². The Balaban J connectivity index is 1.96. The summed E-state index contributed by atoms with van der Waals surface area (Å²) < 4.78 is 0. The minimum atomic E-state index is -0.0830.